The second-order valence-electron chi connectivity index (χ2n) is 17.4. The minimum Gasteiger partial charge on any atom is -0.490 e. The molecule has 0 aromatic heterocycles. The Balaban J connectivity index is 2.30. The fourth-order valence-electron chi connectivity index (χ4n) is 6.95. The highest BCUT2D eigenvalue weighted by molar-refractivity contribution is 6.21. The predicted molar refractivity (Wildman–Crippen MR) is 249 cm³/mol. The van der Waals surface area contributed by atoms with Crippen LogP contribution in [0.5, 0.6) is 0 Å². The maximum atomic E-state index is 12.7. The SMILES string of the molecule is COC1=C(OC)C(=O)C(CCC(C)(O)CCC=C(C)CCC=C(C)CCC=C(C)CCC=C(C)CCC=C(C)CCC=C(C)CCC=C(C)CCC=C(C)C)=CC1=O. The zero-order valence-electron chi connectivity index (χ0n) is 39.0. The van der Waals surface area contributed by atoms with Crippen LogP contribution in [0.1, 0.15) is 185 Å². The number of hydrogen-bond donors (Lipinski definition) is 1. The molecule has 1 atom stereocenters. The topological polar surface area (TPSA) is 72.8 Å². The molecule has 0 spiro atoms. The van der Waals surface area contributed by atoms with Crippen LogP contribution in [0, 0.1) is 0 Å². The van der Waals surface area contributed by atoms with E-state index in [4.69, 9.17) is 9.47 Å². The lowest BCUT2D eigenvalue weighted by Crippen LogP contribution is -2.26. The highest BCUT2D eigenvalue weighted by Crippen LogP contribution is 2.28. The molecule has 0 radical (unpaired) electrons. The molecule has 0 saturated carbocycles. The summed E-state index contributed by atoms with van der Waals surface area (Å²) < 4.78 is 10.2. The molecule has 0 aromatic carbocycles. The van der Waals surface area contributed by atoms with Gasteiger partial charge in [-0.2, -0.15) is 0 Å². The summed E-state index contributed by atoms with van der Waals surface area (Å²) in [6.07, 6.45) is 38.0. The Bertz CT molecular complexity index is 1620. The van der Waals surface area contributed by atoms with E-state index in [0.717, 1.165) is 83.5 Å². The molecule has 0 saturated heterocycles. The van der Waals surface area contributed by atoms with Gasteiger partial charge in [0.15, 0.2) is 0 Å². The quantitative estimate of drug-likeness (QED) is 0.0603. The first-order chi connectivity index (χ1) is 27.5. The summed E-state index contributed by atoms with van der Waals surface area (Å²) in [5.74, 6) is -0.889. The number of aliphatic hydroxyl groups is 1. The Morgan fingerprint density at radius 2 is 0.810 bits per heavy atom. The number of ether oxygens (including phenoxy) is 2. The van der Waals surface area contributed by atoms with E-state index in [1.807, 2.05) is 0 Å². The molecule has 0 bridgehead atoms. The third kappa shape index (κ3) is 24.3. The molecule has 0 fully saturated rings. The Kier molecular flexibility index (Phi) is 26.6. The molecule has 1 aliphatic carbocycles. The third-order valence-corrected chi connectivity index (χ3v) is 11.0. The minimum atomic E-state index is -0.951. The summed E-state index contributed by atoms with van der Waals surface area (Å²) in [6.45, 7) is 21.9. The number of Topliss-reactive ketones (excluding diaryl/α,β-unsaturated/α-hetero) is 1. The van der Waals surface area contributed by atoms with E-state index >= 15 is 0 Å². The number of ketones is 2. The lowest BCUT2D eigenvalue weighted by molar-refractivity contribution is -0.120. The minimum absolute atomic E-state index is 0.0709. The van der Waals surface area contributed by atoms with E-state index in [1.54, 1.807) is 6.92 Å². The highest BCUT2D eigenvalue weighted by atomic mass is 16.5. The lowest BCUT2D eigenvalue weighted by Gasteiger charge is -2.24. The Morgan fingerprint density at radius 1 is 0.500 bits per heavy atom. The summed E-state index contributed by atoms with van der Waals surface area (Å²) in [6, 6.07) is 0. The second kappa shape index (κ2) is 29.5. The van der Waals surface area contributed by atoms with Gasteiger partial charge in [0, 0.05) is 5.57 Å². The number of hydrogen-bond acceptors (Lipinski definition) is 5. The number of allylic oxidation sites excluding steroid dienone is 18. The van der Waals surface area contributed by atoms with Gasteiger partial charge in [0.1, 0.15) is 0 Å². The van der Waals surface area contributed by atoms with Crippen molar-refractivity contribution in [2.75, 3.05) is 14.2 Å². The summed E-state index contributed by atoms with van der Waals surface area (Å²) in [7, 11) is 2.69. The van der Waals surface area contributed by atoms with Gasteiger partial charge in [-0.05, 0) is 191 Å². The van der Waals surface area contributed by atoms with Gasteiger partial charge in [0.2, 0.25) is 23.1 Å². The highest BCUT2D eigenvalue weighted by Gasteiger charge is 2.32. The molecular formula is C53H82O5. The van der Waals surface area contributed by atoms with Crippen molar-refractivity contribution in [3.8, 4) is 0 Å². The van der Waals surface area contributed by atoms with Crippen LogP contribution in [0.4, 0.5) is 0 Å². The third-order valence-electron chi connectivity index (χ3n) is 11.0. The molecular weight excluding hydrogens is 717 g/mol. The molecule has 0 amide bonds. The van der Waals surface area contributed by atoms with Gasteiger partial charge in [-0.15, -0.1) is 0 Å². The Hall–Kier alpha value is -3.70. The van der Waals surface area contributed by atoms with Crippen molar-refractivity contribution in [1.29, 1.82) is 0 Å². The maximum absolute atomic E-state index is 12.7. The van der Waals surface area contributed by atoms with Crippen LogP contribution in [0.2, 0.25) is 0 Å². The summed E-state index contributed by atoms with van der Waals surface area (Å²) in [5, 5.41) is 11.0. The van der Waals surface area contributed by atoms with E-state index in [2.05, 4.69) is 111 Å². The first-order valence-corrected chi connectivity index (χ1v) is 22.0. The largest absolute Gasteiger partial charge is 0.490 e. The van der Waals surface area contributed by atoms with Crippen molar-refractivity contribution in [3.05, 3.63) is 116 Å². The predicted octanol–water partition coefficient (Wildman–Crippen LogP) is 14.9. The van der Waals surface area contributed by atoms with E-state index in [0.29, 0.717) is 24.8 Å². The van der Waals surface area contributed by atoms with E-state index in [9.17, 15) is 14.7 Å². The Labute approximate surface area is 355 Å². The number of rotatable bonds is 29. The smallest absolute Gasteiger partial charge is 0.227 e. The van der Waals surface area contributed by atoms with Crippen LogP contribution in [0.25, 0.3) is 0 Å². The van der Waals surface area contributed by atoms with Crippen LogP contribution in [-0.4, -0.2) is 36.5 Å². The number of carbonyl (C=O) groups is 2. The number of carbonyl (C=O) groups excluding carboxylic acids is 2. The molecule has 0 heterocycles. The summed E-state index contributed by atoms with van der Waals surface area (Å²) >= 11 is 0. The van der Waals surface area contributed by atoms with Crippen LogP contribution in [-0.2, 0) is 19.1 Å². The van der Waals surface area contributed by atoms with Gasteiger partial charge in [0.25, 0.3) is 0 Å². The van der Waals surface area contributed by atoms with Crippen LogP contribution in [0.15, 0.2) is 116 Å². The molecule has 1 rings (SSSR count). The van der Waals surface area contributed by atoms with Crippen LogP contribution < -0.4 is 0 Å². The molecule has 0 aliphatic heterocycles. The van der Waals surface area contributed by atoms with Crippen molar-refractivity contribution in [3.63, 3.8) is 0 Å². The zero-order valence-corrected chi connectivity index (χ0v) is 39.0. The molecule has 1 aliphatic rings. The lowest BCUT2D eigenvalue weighted by atomic mass is 9.88. The molecule has 0 aromatic rings. The maximum Gasteiger partial charge on any atom is 0.227 e. The van der Waals surface area contributed by atoms with Crippen molar-refractivity contribution in [2.24, 2.45) is 0 Å². The first kappa shape index (κ1) is 52.3. The fraction of sp³-hybridized carbons (Fsp3) is 0.585. The molecule has 5 heteroatoms. The van der Waals surface area contributed by atoms with E-state index in [-0.39, 0.29) is 23.1 Å². The van der Waals surface area contributed by atoms with Gasteiger partial charge in [-0.1, -0.05) is 93.2 Å². The van der Waals surface area contributed by atoms with Crippen molar-refractivity contribution >= 4 is 11.6 Å². The van der Waals surface area contributed by atoms with E-state index < -0.39 is 5.60 Å². The average Bonchev–Trinajstić information content (AvgIpc) is 3.14. The Morgan fingerprint density at radius 3 is 1.12 bits per heavy atom. The first-order valence-electron chi connectivity index (χ1n) is 22.0. The van der Waals surface area contributed by atoms with Gasteiger partial charge >= 0.3 is 0 Å². The van der Waals surface area contributed by atoms with Crippen LogP contribution in [0.3, 0.4) is 0 Å². The molecule has 1 unspecified atom stereocenters. The molecule has 1 N–H and O–H groups in total. The monoisotopic (exact) mass is 799 g/mol. The van der Waals surface area contributed by atoms with Gasteiger partial charge in [-0.3, -0.25) is 9.59 Å². The average molecular weight is 799 g/mol. The van der Waals surface area contributed by atoms with Crippen molar-refractivity contribution < 1.29 is 24.2 Å². The van der Waals surface area contributed by atoms with Gasteiger partial charge in [0.05, 0.1) is 19.8 Å². The van der Waals surface area contributed by atoms with Gasteiger partial charge < -0.3 is 14.6 Å². The number of methoxy groups -OCH3 is 2. The standard InChI is InChI=1S/C53H82O5/c1-40(2)21-13-22-41(3)23-14-24-42(4)25-15-26-43(5)27-16-28-44(6)29-17-30-45(7)31-18-32-46(8)33-19-34-47(9)35-20-37-53(10,56)38-36-48-39-49(54)51(57-11)52(58-12)50(48)55/h21,23,25,27,29,31,33,35,39,56H,13-20,22,24,26,28,30,32,34,36-38H2,1-12H3. The second-order valence-corrected chi connectivity index (χ2v) is 17.4. The van der Waals surface area contributed by atoms with Crippen LogP contribution >= 0.6 is 0 Å². The van der Waals surface area contributed by atoms with Gasteiger partial charge in [-0.25, -0.2) is 0 Å². The van der Waals surface area contributed by atoms with Crippen molar-refractivity contribution in [1.82, 2.24) is 0 Å². The fourth-order valence-corrected chi connectivity index (χ4v) is 6.95. The van der Waals surface area contributed by atoms with E-state index in [1.165, 1.54) is 77.7 Å². The molecule has 58 heavy (non-hydrogen) atoms. The summed E-state index contributed by atoms with van der Waals surface area (Å²) in [5.41, 5.74) is 11.1. The molecule has 5 nitrogen and oxygen atoms in total. The van der Waals surface area contributed by atoms with Crippen molar-refractivity contribution in [2.45, 2.75) is 190 Å². The summed E-state index contributed by atoms with van der Waals surface area (Å²) in [4.78, 5) is 25.0. The zero-order chi connectivity index (χ0) is 43.5. The normalized spacial score (nSPS) is 16.5. The molecule has 324 valence electrons.